The van der Waals surface area contributed by atoms with E-state index in [-0.39, 0.29) is 5.91 Å². The van der Waals surface area contributed by atoms with Gasteiger partial charge in [0.25, 0.3) is 5.91 Å². The Morgan fingerprint density at radius 2 is 2.04 bits per heavy atom. The minimum absolute atomic E-state index is 0.224. The lowest BCUT2D eigenvalue weighted by molar-refractivity contribution is 0.0951. The molecule has 3 rings (SSSR count). The summed E-state index contributed by atoms with van der Waals surface area (Å²) in [6, 6.07) is 12.8. The third-order valence-corrected chi connectivity index (χ3v) is 4.23. The smallest absolute Gasteiger partial charge is 0.253 e. The fourth-order valence-corrected chi connectivity index (χ4v) is 2.73. The summed E-state index contributed by atoms with van der Waals surface area (Å²) in [7, 11) is 0. The van der Waals surface area contributed by atoms with Crippen LogP contribution in [0.2, 0.25) is 5.02 Å². The Labute approximate surface area is 153 Å². The van der Waals surface area contributed by atoms with Crippen molar-refractivity contribution in [2.45, 2.75) is 6.54 Å². The first-order valence-electron chi connectivity index (χ1n) is 7.22. The van der Waals surface area contributed by atoms with E-state index in [4.69, 9.17) is 11.6 Å². The standard InChI is InChI=1S/C18H13BrClN3O/c19-14-4-5-16(20)15(8-14)18(24)23-10-12-3-6-17(22-9-12)13-2-1-7-21-11-13/h1-9,11H,10H2,(H,23,24). The molecule has 4 nitrogen and oxygen atoms in total. The molecule has 2 heterocycles. The lowest BCUT2D eigenvalue weighted by Gasteiger charge is -2.08. The fourth-order valence-electron chi connectivity index (χ4n) is 2.16. The number of halogens is 2. The molecule has 0 unspecified atom stereocenters. The molecular weight excluding hydrogens is 390 g/mol. The van der Waals surface area contributed by atoms with Gasteiger partial charge in [-0.05, 0) is 42.0 Å². The second-order valence-corrected chi connectivity index (χ2v) is 6.42. The number of carbonyl (C=O) groups is 1. The molecule has 0 aliphatic rings. The molecule has 24 heavy (non-hydrogen) atoms. The zero-order valence-corrected chi connectivity index (χ0v) is 14.9. The van der Waals surface area contributed by atoms with Crippen molar-refractivity contribution < 1.29 is 4.79 Å². The van der Waals surface area contributed by atoms with Crippen molar-refractivity contribution in [2.24, 2.45) is 0 Å². The second kappa shape index (κ2) is 7.55. The molecule has 2 aromatic heterocycles. The van der Waals surface area contributed by atoms with Gasteiger partial charge in [-0.3, -0.25) is 14.8 Å². The SMILES string of the molecule is O=C(NCc1ccc(-c2cccnc2)nc1)c1cc(Br)ccc1Cl. The molecule has 1 N–H and O–H groups in total. The van der Waals surface area contributed by atoms with E-state index in [9.17, 15) is 4.79 Å². The number of nitrogens with one attached hydrogen (secondary N) is 1. The molecule has 0 fully saturated rings. The van der Waals surface area contributed by atoms with Crippen LogP contribution in [0, 0.1) is 0 Å². The van der Waals surface area contributed by atoms with Crippen molar-refractivity contribution in [2.75, 3.05) is 0 Å². The topological polar surface area (TPSA) is 54.9 Å². The van der Waals surface area contributed by atoms with E-state index in [1.54, 1.807) is 36.8 Å². The van der Waals surface area contributed by atoms with E-state index in [2.05, 4.69) is 31.2 Å². The number of hydrogen-bond acceptors (Lipinski definition) is 3. The highest BCUT2D eigenvalue weighted by molar-refractivity contribution is 9.10. The number of pyridine rings is 2. The van der Waals surface area contributed by atoms with Crippen molar-refractivity contribution in [1.82, 2.24) is 15.3 Å². The minimum Gasteiger partial charge on any atom is -0.348 e. The third kappa shape index (κ3) is 3.99. The molecule has 0 atom stereocenters. The highest BCUT2D eigenvalue weighted by atomic mass is 79.9. The maximum Gasteiger partial charge on any atom is 0.253 e. The van der Waals surface area contributed by atoms with Gasteiger partial charge in [-0.1, -0.05) is 33.6 Å². The van der Waals surface area contributed by atoms with E-state index in [1.807, 2.05) is 24.3 Å². The van der Waals surface area contributed by atoms with Gasteiger partial charge in [0.1, 0.15) is 0 Å². The highest BCUT2D eigenvalue weighted by Crippen LogP contribution is 2.21. The Balaban J connectivity index is 1.66. The maximum atomic E-state index is 12.2. The monoisotopic (exact) mass is 401 g/mol. The minimum atomic E-state index is -0.224. The van der Waals surface area contributed by atoms with Crippen LogP contribution >= 0.6 is 27.5 Å². The molecule has 6 heteroatoms. The van der Waals surface area contributed by atoms with E-state index in [0.717, 1.165) is 21.3 Å². The predicted octanol–water partition coefficient (Wildman–Crippen LogP) is 4.49. The van der Waals surface area contributed by atoms with E-state index in [0.29, 0.717) is 17.1 Å². The van der Waals surface area contributed by atoms with Gasteiger partial charge >= 0.3 is 0 Å². The largest absolute Gasteiger partial charge is 0.348 e. The molecule has 120 valence electrons. The number of nitrogens with zero attached hydrogens (tertiary/aromatic N) is 2. The summed E-state index contributed by atoms with van der Waals surface area (Å²) in [6.07, 6.45) is 5.23. The normalized spacial score (nSPS) is 10.4. The highest BCUT2D eigenvalue weighted by Gasteiger charge is 2.10. The van der Waals surface area contributed by atoms with E-state index in [1.165, 1.54) is 0 Å². The summed E-state index contributed by atoms with van der Waals surface area (Å²) in [6.45, 7) is 0.377. The molecule has 0 saturated carbocycles. The Kier molecular flexibility index (Phi) is 5.23. The Bertz CT molecular complexity index is 854. The molecule has 0 bridgehead atoms. The Morgan fingerprint density at radius 3 is 2.75 bits per heavy atom. The lowest BCUT2D eigenvalue weighted by atomic mass is 10.1. The van der Waals surface area contributed by atoms with Crippen LogP contribution in [0.4, 0.5) is 0 Å². The van der Waals surface area contributed by atoms with Crippen molar-refractivity contribution in [1.29, 1.82) is 0 Å². The first-order valence-corrected chi connectivity index (χ1v) is 8.39. The molecule has 1 amide bonds. The summed E-state index contributed by atoms with van der Waals surface area (Å²) in [5.74, 6) is -0.224. The Hall–Kier alpha value is -2.24. The predicted molar refractivity (Wildman–Crippen MR) is 97.8 cm³/mol. The first kappa shape index (κ1) is 16.6. The molecule has 0 radical (unpaired) electrons. The molecule has 0 saturated heterocycles. The van der Waals surface area contributed by atoms with Gasteiger partial charge in [-0.25, -0.2) is 0 Å². The van der Waals surface area contributed by atoms with Gasteiger partial charge in [0.2, 0.25) is 0 Å². The van der Waals surface area contributed by atoms with Gasteiger partial charge in [-0.2, -0.15) is 0 Å². The summed E-state index contributed by atoms with van der Waals surface area (Å²) in [5, 5.41) is 3.26. The Morgan fingerprint density at radius 1 is 1.17 bits per heavy atom. The summed E-state index contributed by atoms with van der Waals surface area (Å²) >= 11 is 9.40. The zero-order chi connectivity index (χ0) is 16.9. The number of benzene rings is 1. The molecular formula is C18H13BrClN3O. The maximum absolute atomic E-state index is 12.2. The fraction of sp³-hybridized carbons (Fsp3) is 0.0556. The van der Waals surface area contributed by atoms with Crippen molar-refractivity contribution in [3.63, 3.8) is 0 Å². The number of carbonyl (C=O) groups excluding carboxylic acids is 1. The first-order chi connectivity index (χ1) is 11.6. The quantitative estimate of drug-likeness (QED) is 0.699. The van der Waals surface area contributed by atoms with Crippen molar-refractivity contribution in [3.05, 3.63) is 81.7 Å². The van der Waals surface area contributed by atoms with Crippen LogP contribution in [-0.4, -0.2) is 15.9 Å². The number of rotatable bonds is 4. The van der Waals surface area contributed by atoms with Gasteiger partial charge in [0.05, 0.1) is 16.3 Å². The number of aromatic nitrogens is 2. The molecule has 1 aromatic carbocycles. The number of amides is 1. The average molecular weight is 403 g/mol. The number of hydrogen-bond donors (Lipinski definition) is 1. The molecule has 3 aromatic rings. The summed E-state index contributed by atoms with van der Waals surface area (Å²) in [4.78, 5) is 20.7. The van der Waals surface area contributed by atoms with Crippen LogP contribution in [0.5, 0.6) is 0 Å². The van der Waals surface area contributed by atoms with Crippen LogP contribution in [0.3, 0.4) is 0 Å². The average Bonchev–Trinajstić information content (AvgIpc) is 2.63. The van der Waals surface area contributed by atoms with Gasteiger partial charge in [-0.15, -0.1) is 0 Å². The zero-order valence-electron chi connectivity index (χ0n) is 12.5. The van der Waals surface area contributed by atoms with Crippen molar-refractivity contribution >= 4 is 33.4 Å². The third-order valence-electron chi connectivity index (χ3n) is 3.41. The van der Waals surface area contributed by atoms with Crippen LogP contribution in [0.1, 0.15) is 15.9 Å². The van der Waals surface area contributed by atoms with Gasteiger partial charge < -0.3 is 5.32 Å². The lowest BCUT2D eigenvalue weighted by Crippen LogP contribution is -2.23. The molecule has 0 aliphatic carbocycles. The van der Waals surface area contributed by atoms with Crippen LogP contribution in [0.25, 0.3) is 11.3 Å². The molecule has 0 aliphatic heterocycles. The second-order valence-electron chi connectivity index (χ2n) is 5.10. The van der Waals surface area contributed by atoms with E-state index >= 15 is 0 Å². The van der Waals surface area contributed by atoms with Crippen LogP contribution < -0.4 is 5.32 Å². The van der Waals surface area contributed by atoms with Crippen LogP contribution in [-0.2, 0) is 6.54 Å². The summed E-state index contributed by atoms with van der Waals surface area (Å²) in [5.41, 5.74) is 3.13. The van der Waals surface area contributed by atoms with E-state index < -0.39 is 0 Å². The van der Waals surface area contributed by atoms with Crippen LogP contribution in [0.15, 0.2) is 65.5 Å². The summed E-state index contributed by atoms with van der Waals surface area (Å²) < 4.78 is 0.805. The van der Waals surface area contributed by atoms with Crippen molar-refractivity contribution in [3.8, 4) is 11.3 Å². The van der Waals surface area contributed by atoms with Gasteiger partial charge in [0, 0.05) is 35.2 Å². The molecule has 0 spiro atoms. The van der Waals surface area contributed by atoms with Gasteiger partial charge in [0.15, 0.2) is 0 Å².